The van der Waals surface area contributed by atoms with Crippen molar-refractivity contribution in [1.29, 1.82) is 0 Å². The summed E-state index contributed by atoms with van der Waals surface area (Å²) in [6.07, 6.45) is 0. The van der Waals surface area contributed by atoms with Crippen LogP contribution in [0.3, 0.4) is 0 Å². The van der Waals surface area contributed by atoms with Crippen LogP contribution in [0.4, 0.5) is 0 Å². The molecule has 0 N–H and O–H groups in total. The second-order valence-electron chi connectivity index (χ2n) is 1.60. The Morgan fingerprint density at radius 3 is 0.846 bits per heavy atom. The van der Waals surface area contributed by atoms with Crippen LogP contribution < -0.4 is 73.8 Å². The van der Waals surface area contributed by atoms with Crippen molar-refractivity contribution in [1.82, 2.24) is 0 Å². The van der Waals surface area contributed by atoms with Crippen molar-refractivity contribution in [3.63, 3.8) is 0 Å². The fourth-order valence-corrected chi connectivity index (χ4v) is 0.385. The minimum absolute atomic E-state index is 0. The minimum Gasteiger partial charge on any atom is -0.822 e. The van der Waals surface area contributed by atoms with Gasteiger partial charge < -0.3 is 19.2 Å². The number of phosphoric acid groups is 1. The van der Waals surface area contributed by atoms with Crippen molar-refractivity contribution in [2.24, 2.45) is 0 Å². The van der Waals surface area contributed by atoms with E-state index < -0.39 is 7.82 Å². The van der Waals surface area contributed by atoms with Gasteiger partial charge >= 0.3 is 59.1 Å². The van der Waals surface area contributed by atoms with Gasteiger partial charge in [0.25, 0.3) is 0 Å². The van der Waals surface area contributed by atoms with E-state index in [9.17, 15) is 0 Å². The molecule has 0 amide bonds. The van der Waals surface area contributed by atoms with Gasteiger partial charge in [0.2, 0.25) is 0 Å². The maximum Gasteiger partial charge on any atom is 1.00 e. The predicted molar refractivity (Wildman–Crippen MR) is 34.0 cm³/mol. The van der Waals surface area contributed by atoms with Gasteiger partial charge in [-0.25, -0.2) is 0 Å². The van der Waals surface area contributed by atoms with Crippen molar-refractivity contribution in [2.45, 2.75) is 0 Å². The molecule has 0 fully saturated rings. The molecule has 1 aromatic carbocycles. The van der Waals surface area contributed by atoms with Crippen LogP contribution in [-0.4, -0.2) is 0 Å². The van der Waals surface area contributed by atoms with Gasteiger partial charge in [-0.15, -0.1) is 0 Å². The molecule has 0 aliphatic rings. The van der Waals surface area contributed by atoms with Gasteiger partial charge in [-0.05, 0) is 0 Å². The van der Waals surface area contributed by atoms with Crippen LogP contribution in [0, 0.1) is 0 Å². The van der Waals surface area contributed by atoms with Gasteiger partial charge in [0, 0.05) is 0 Å². The third-order valence-corrected chi connectivity index (χ3v) is 0.667. The van der Waals surface area contributed by atoms with E-state index in [1.807, 2.05) is 36.4 Å². The predicted octanol–water partition coefficient (Wildman–Crippen LogP) is -7.13. The molecular formula is C6H6Na2O4P-. The fraction of sp³-hybridized carbons (Fsp3) is 0. The molecule has 7 heteroatoms. The molecule has 0 aliphatic carbocycles. The zero-order chi connectivity index (χ0) is 8.74. The van der Waals surface area contributed by atoms with Gasteiger partial charge in [0.15, 0.2) is 0 Å². The Morgan fingerprint density at radius 1 is 0.692 bits per heavy atom. The molecule has 0 unspecified atom stereocenters. The molecular weight excluding hydrogens is 213 g/mol. The average molecular weight is 219 g/mol. The summed E-state index contributed by atoms with van der Waals surface area (Å²) in [4.78, 5) is 25.6. The molecule has 62 valence electrons. The third kappa shape index (κ3) is 31.8. The summed E-state index contributed by atoms with van der Waals surface area (Å²) >= 11 is 0. The van der Waals surface area contributed by atoms with E-state index in [2.05, 4.69) is 0 Å². The summed E-state index contributed by atoms with van der Waals surface area (Å²) in [5, 5.41) is 0. The smallest absolute Gasteiger partial charge is 0.822 e. The normalized spacial score (nSPS) is 8.23. The van der Waals surface area contributed by atoms with E-state index in [4.69, 9.17) is 19.2 Å². The Bertz CT molecular complexity index is 190. The molecule has 0 spiro atoms. The molecule has 0 aliphatic heterocycles. The number of hydrogen-bond donors (Lipinski definition) is 0. The van der Waals surface area contributed by atoms with E-state index in [0.717, 1.165) is 0 Å². The standard InChI is InChI=1S/C6H6.2Na.H3O4P/c1-2-4-6-5-3-1;;;1-5(2,3)4/h1-6H;;;(H3,1,2,3,4)/q;2*+1;/p-3. The van der Waals surface area contributed by atoms with Crippen molar-refractivity contribution in [2.75, 3.05) is 0 Å². The largest absolute Gasteiger partial charge is 1.00 e. The van der Waals surface area contributed by atoms with Crippen LogP contribution in [-0.2, 0) is 4.57 Å². The molecule has 1 aromatic rings. The first-order valence-electron chi connectivity index (χ1n) is 2.73. The Labute approximate surface area is 121 Å². The molecule has 1 rings (SSSR count). The van der Waals surface area contributed by atoms with Crippen molar-refractivity contribution in [3.05, 3.63) is 36.4 Å². The first-order chi connectivity index (χ1) is 5.00. The molecule has 0 saturated carbocycles. The molecule has 0 bridgehead atoms. The minimum atomic E-state index is -5.39. The maximum absolute atomic E-state index is 8.55. The second kappa shape index (κ2) is 11.4. The first-order valence-corrected chi connectivity index (χ1v) is 4.19. The summed E-state index contributed by atoms with van der Waals surface area (Å²) in [7, 11) is -5.39. The van der Waals surface area contributed by atoms with E-state index in [1.54, 1.807) is 0 Å². The van der Waals surface area contributed by atoms with Crippen molar-refractivity contribution < 1.29 is 78.4 Å². The monoisotopic (exact) mass is 219 g/mol. The molecule has 0 heterocycles. The second-order valence-corrected chi connectivity index (χ2v) is 2.50. The summed E-state index contributed by atoms with van der Waals surface area (Å²) in [5.74, 6) is 0. The van der Waals surface area contributed by atoms with Gasteiger partial charge in [-0.1, -0.05) is 36.4 Å². The zero-order valence-corrected chi connectivity index (χ0v) is 12.4. The topological polar surface area (TPSA) is 86.2 Å². The SMILES string of the molecule is O=P([O-])([O-])[O-].[Na+].[Na+].c1ccccc1. The van der Waals surface area contributed by atoms with Crippen LogP contribution in [0.1, 0.15) is 0 Å². The number of benzene rings is 1. The van der Waals surface area contributed by atoms with Crippen LogP contribution in [0.2, 0.25) is 0 Å². The number of rotatable bonds is 0. The van der Waals surface area contributed by atoms with E-state index in [1.165, 1.54) is 0 Å². The van der Waals surface area contributed by atoms with E-state index in [-0.39, 0.29) is 59.1 Å². The fourth-order valence-electron chi connectivity index (χ4n) is 0.385. The molecule has 0 aromatic heterocycles. The van der Waals surface area contributed by atoms with Crippen LogP contribution in [0.25, 0.3) is 0 Å². The number of hydrogen-bond acceptors (Lipinski definition) is 4. The third-order valence-electron chi connectivity index (χ3n) is 0.667. The van der Waals surface area contributed by atoms with Crippen molar-refractivity contribution in [3.8, 4) is 0 Å². The van der Waals surface area contributed by atoms with Crippen LogP contribution in [0.15, 0.2) is 36.4 Å². The van der Waals surface area contributed by atoms with Gasteiger partial charge in [-0.2, -0.15) is 7.82 Å². The van der Waals surface area contributed by atoms with Gasteiger partial charge in [0.1, 0.15) is 0 Å². The average Bonchev–Trinajstić information content (AvgIpc) is 1.88. The summed E-state index contributed by atoms with van der Waals surface area (Å²) in [6.45, 7) is 0. The Hall–Kier alpha value is 1.33. The van der Waals surface area contributed by atoms with Gasteiger partial charge in [0.05, 0.1) is 0 Å². The zero-order valence-electron chi connectivity index (χ0n) is 7.54. The summed E-state index contributed by atoms with van der Waals surface area (Å²) in [6, 6.07) is 12.0. The Kier molecular flexibility index (Phi) is 17.4. The first kappa shape index (κ1) is 19.8. The Morgan fingerprint density at radius 2 is 0.769 bits per heavy atom. The molecule has 0 saturated heterocycles. The molecule has 0 atom stereocenters. The Balaban J connectivity index is -0.000000136. The molecule has 4 nitrogen and oxygen atoms in total. The van der Waals surface area contributed by atoms with Crippen LogP contribution in [0.5, 0.6) is 0 Å². The van der Waals surface area contributed by atoms with E-state index >= 15 is 0 Å². The van der Waals surface area contributed by atoms with Crippen LogP contribution >= 0.6 is 7.82 Å². The summed E-state index contributed by atoms with van der Waals surface area (Å²) in [5.41, 5.74) is 0. The van der Waals surface area contributed by atoms with Gasteiger partial charge in [-0.3, -0.25) is 0 Å². The van der Waals surface area contributed by atoms with Crippen molar-refractivity contribution >= 4 is 7.82 Å². The molecule has 0 radical (unpaired) electrons. The maximum atomic E-state index is 8.55. The summed E-state index contributed by atoms with van der Waals surface area (Å²) < 4.78 is 8.55. The van der Waals surface area contributed by atoms with E-state index in [0.29, 0.717) is 0 Å². The molecule has 13 heavy (non-hydrogen) atoms. The quantitative estimate of drug-likeness (QED) is 0.320.